The number of hydrogen-bond donors (Lipinski definition) is 2. The highest BCUT2D eigenvalue weighted by Crippen LogP contribution is 2.30. The summed E-state index contributed by atoms with van der Waals surface area (Å²) in [5.41, 5.74) is 2.23. The smallest absolute Gasteiger partial charge is 0.350 e. The number of carbonyl (C=O) groups excluding carboxylic acids is 2. The van der Waals surface area contributed by atoms with E-state index in [-0.39, 0.29) is 11.9 Å². The summed E-state index contributed by atoms with van der Waals surface area (Å²) in [5.74, 6) is -0.372. The van der Waals surface area contributed by atoms with Crippen LogP contribution in [0.25, 0.3) is 10.6 Å². The van der Waals surface area contributed by atoms with E-state index in [1.165, 1.54) is 16.2 Å². The first kappa shape index (κ1) is 19.5. The highest BCUT2D eigenvalue weighted by molar-refractivity contribution is 7.17. The number of anilines is 1. The largest absolute Gasteiger partial charge is 0.462 e. The number of nitrogens with one attached hydrogen (secondary N) is 2. The number of aryl methyl sites for hydroxylation is 1. The van der Waals surface area contributed by atoms with Crippen LogP contribution in [-0.2, 0) is 14.3 Å². The van der Waals surface area contributed by atoms with Crippen molar-refractivity contribution < 1.29 is 24.0 Å². The molecular weight excluding hydrogens is 366 g/mol. The number of morpholine rings is 1. The molecule has 1 aliphatic rings. The summed E-state index contributed by atoms with van der Waals surface area (Å²) in [4.78, 5) is 30.5. The molecule has 7 nitrogen and oxygen atoms in total. The maximum atomic E-state index is 12.3. The van der Waals surface area contributed by atoms with E-state index < -0.39 is 0 Å². The first-order chi connectivity index (χ1) is 13.1. The van der Waals surface area contributed by atoms with Crippen molar-refractivity contribution in [3.05, 3.63) is 34.8 Å². The first-order valence-electron chi connectivity index (χ1n) is 9.03. The number of ether oxygens (including phenoxy) is 2. The molecular formula is C19H24N3O4S+. The molecule has 0 bridgehead atoms. The van der Waals surface area contributed by atoms with Gasteiger partial charge in [-0.2, -0.15) is 0 Å². The molecule has 2 aromatic rings. The second-order valence-corrected chi connectivity index (χ2v) is 7.32. The van der Waals surface area contributed by atoms with Crippen LogP contribution in [0, 0.1) is 6.92 Å². The third-order valence-electron chi connectivity index (χ3n) is 4.26. The molecule has 1 amide bonds. The molecule has 1 fully saturated rings. The summed E-state index contributed by atoms with van der Waals surface area (Å²) in [6, 6.07) is 7.51. The van der Waals surface area contributed by atoms with Gasteiger partial charge in [-0.25, -0.2) is 9.78 Å². The van der Waals surface area contributed by atoms with E-state index in [2.05, 4.69) is 10.3 Å². The molecule has 144 valence electrons. The average molecular weight is 390 g/mol. The molecule has 0 atom stereocenters. The van der Waals surface area contributed by atoms with Crippen molar-refractivity contribution in [1.29, 1.82) is 0 Å². The Bertz CT molecular complexity index is 815. The molecule has 3 rings (SSSR count). The van der Waals surface area contributed by atoms with Crippen LogP contribution in [0.1, 0.15) is 22.3 Å². The SMILES string of the molecule is CCOC(=O)c1sc(-c2cccc(NC(=O)C[NH+]3CCOCC3)c2)nc1C. The lowest BCUT2D eigenvalue weighted by Crippen LogP contribution is -3.15. The molecule has 2 heterocycles. The number of carbonyl (C=O) groups is 2. The monoisotopic (exact) mass is 390 g/mol. The quantitative estimate of drug-likeness (QED) is 0.723. The van der Waals surface area contributed by atoms with E-state index in [0.717, 1.165) is 29.3 Å². The van der Waals surface area contributed by atoms with Gasteiger partial charge in [0.2, 0.25) is 0 Å². The highest BCUT2D eigenvalue weighted by Gasteiger charge is 2.19. The van der Waals surface area contributed by atoms with Gasteiger partial charge in [-0.3, -0.25) is 4.79 Å². The van der Waals surface area contributed by atoms with Crippen LogP contribution in [0.4, 0.5) is 5.69 Å². The predicted octanol–water partition coefficient (Wildman–Crippen LogP) is 1.15. The number of quaternary nitrogens is 1. The van der Waals surface area contributed by atoms with Crippen LogP contribution >= 0.6 is 11.3 Å². The number of esters is 1. The number of thiazole rings is 1. The Morgan fingerprint density at radius 1 is 1.33 bits per heavy atom. The van der Waals surface area contributed by atoms with Crippen molar-refractivity contribution in [2.75, 3.05) is 44.8 Å². The Kier molecular flexibility index (Phi) is 6.54. The van der Waals surface area contributed by atoms with Gasteiger partial charge in [-0.05, 0) is 26.0 Å². The maximum Gasteiger partial charge on any atom is 0.350 e. The molecule has 2 N–H and O–H groups in total. The average Bonchev–Trinajstić information content (AvgIpc) is 3.05. The second kappa shape index (κ2) is 9.07. The third kappa shape index (κ3) is 5.12. The molecule has 0 aliphatic carbocycles. The van der Waals surface area contributed by atoms with Gasteiger partial charge in [0, 0.05) is 11.3 Å². The fourth-order valence-electron chi connectivity index (χ4n) is 2.91. The topological polar surface area (TPSA) is 82.0 Å². The number of benzene rings is 1. The fourth-order valence-corrected chi connectivity index (χ4v) is 3.86. The van der Waals surface area contributed by atoms with Crippen molar-refractivity contribution in [3.8, 4) is 10.6 Å². The van der Waals surface area contributed by atoms with Gasteiger partial charge in [0.25, 0.3) is 5.91 Å². The number of rotatable bonds is 6. The van der Waals surface area contributed by atoms with E-state index in [1.54, 1.807) is 13.8 Å². The van der Waals surface area contributed by atoms with Gasteiger partial charge < -0.3 is 19.7 Å². The summed E-state index contributed by atoms with van der Waals surface area (Å²) in [6.07, 6.45) is 0. The van der Waals surface area contributed by atoms with E-state index in [4.69, 9.17) is 9.47 Å². The summed E-state index contributed by atoms with van der Waals surface area (Å²) >= 11 is 1.30. The Morgan fingerprint density at radius 2 is 2.11 bits per heavy atom. The summed E-state index contributed by atoms with van der Waals surface area (Å²) < 4.78 is 10.4. The predicted molar refractivity (Wildman–Crippen MR) is 103 cm³/mol. The Morgan fingerprint density at radius 3 is 2.85 bits per heavy atom. The third-order valence-corrected chi connectivity index (χ3v) is 5.45. The van der Waals surface area contributed by atoms with Crippen molar-refractivity contribution in [2.45, 2.75) is 13.8 Å². The van der Waals surface area contributed by atoms with Gasteiger partial charge >= 0.3 is 5.97 Å². The summed E-state index contributed by atoms with van der Waals surface area (Å²) in [7, 11) is 0. The van der Waals surface area contributed by atoms with Crippen LogP contribution in [0.15, 0.2) is 24.3 Å². The van der Waals surface area contributed by atoms with E-state index >= 15 is 0 Å². The lowest BCUT2D eigenvalue weighted by atomic mass is 10.2. The normalized spacial score (nSPS) is 14.7. The van der Waals surface area contributed by atoms with Gasteiger partial charge in [-0.1, -0.05) is 12.1 Å². The Hall–Kier alpha value is -2.29. The van der Waals surface area contributed by atoms with Crippen molar-refractivity contribution in [1.82, 2.24) is 4.98 Å². The zero-order valence-corrected chi connectivity index (χ0v) is 16.4. The van der Waals surface area contributed by atoms with Crippen LogP contribution < -0.4 is 10.2 Å². The van der Waals surface area contributed by atoms with Gasteiger partial charge in [-0.15, -0.1) is 11.3 Å². The molecule has 0 unspecified atom stereocenters. The van der Waals surface area contributed by atoms with Crippen LogP contribution in [0.5, 0.6) is 0 Å². The van der Waals surface area contributed by atoms with Gasteiger partial charge in [0.15, 0.2) is 6.54 Å². The Labute approximate surface area is 162 Å². The van der Waals surface area contributed by atoms with E-state index in [9.17, 15) is 9.59 Å². The second-order valence-electron chi connectivity index (χ2n) is 6.32. The molecule has 1 saturated heterocycles. The van der Waals surface area contributed by atoms with Gasteiger partial charge in [0.1, 0.15) is 23.0 Å². The van der Waals surface area contributed by atoms with Crippen LogP contribution in [0.2, 0.25) is 0 Å². The lowest BCUT2D eigenvalue weighted by molar-refractivity contribution is -0.899. The van der Waals surface area contributed by atoms with Crippen LogP contribution in [-0.4, -0.2) is 56.3 Å². The minimum Gasteiger partial charge on any atom is -0.462 e. The van der Waals surface area contributed by atoms with E-state index in [1.807, 2.05) is 24.3 Å². The fraction of sp³-hybridized carbons (Fsp3) is 0.421. The zero-order valence-electron chi connectivity index (χ0n) is 15.5. The highest BCUT2D eigenvalue weighted by atomic mass is 32.1. The van der Waals surface area contributed by atoms with Crippen molar-refractivity contribution in [3.63, 3.8) is 0 Å². The summed E-state index contributed by atoms with van der Waals surface area (Å²) in [6.45, 7) is 7.43. The van der Waals surface area contributed by atoms with Crippen molar-refractivity contribution >= 4 is 28.9 Å². The first-order valence-corrected chi connectivity index (χ1v) is 9.84. The molecule has 0 radical (unpaired) electrons. The van der Waals surface area contributed by atoms with Gasteiger partial charge in [0.05, 0.1) is 25.5 Å². The minimum atomic E-state index is -0.350. The number of amides is 1. The number of hydrogen-bond acceptors (Lipinski definition) is 6. The number of nitrogens with zero attached hydrogens (tertiary/aromatic N) is 1. The molecule has 27 heavy (non-hydrogen) atoms. The lowest BCUT2D eigenvalue weighted by Gasteiger charge is -2.23. The Balaban J connectivity index is 1.69. The molecule has 0 spiro atoms. The molecule has 0 saturated carbocycles. The minimum absolute atomic E-state index is 0.0217. The maximum absolute atomic E-state index is 12.3. The standard InChI is InChI=1S/C19H23N3O4S/c1-3-26-19(24)17-13(2)20-18(27-17)14-5-4-6-15(11-14)21-16(23)12-22-7-9-25-10-8-22/h4-6,11H,3,7-10,12H2,1-2H3,(H,21,23)/p+1. The van der Waals surface area contributed by atoms with E-state index in [0.29, 0.717) is 36.9 Å². The molecule has 8 heteroatoms. The molecule has 1 aromatic heterocycles. The number of aromatic nitrogens is 1. The van der Waals surface area contributed by atoms with Crippen molar-refractivity contribution in [2.24, 2.45) is 0 Å². The zero-order chi connectivity index (χ0) is 19.2. The van der Waals surface area contributed by atoms with Crippen LogP contribution in [0.3, 0.4) is 0 Å². The molecule has 1 aliphatic heterocycles. The molecule has 1 aromatic carbocycles. The summed E-state index contributed by atoms with van der Waals surface area (Å²) in [5, 5.41) is 3.68.